The first-order valence-electron chi connectivity index (χ1n) is 4.80. The summed E-state index contributed by atoms with van der Waals surface area (Å²) in [5.74, 6) is 0. The van der Waals surface area contributed by atoms with E-state index in [0.29, 0.717) is 6.04 Å². The van der Waals surface area contributed by atoms with Crippen molar-refractivity contribution >= 4 is 38.6 Å². The number of hydrogen-bond acceptors (Lipinski definition) is 3. The van der Waals surface area contributed by atoms with Gasteiger partial charge in [0.05, 0.1) is 9.83 Å². The van der Waals surface area contributed by atoms with Gasteiger partial charge in [0, 0.05) is 0 Å². The van der Waals surface area contributed by atoms with Crippen LogP contribution in [0.25, 0.3) is 0 Å². The topological polar surface area (TPSA) is 12.0 Å². The molecule has 0 saturated carbocycles. The lowest BCUT2D eigenvalue weighted by atomic mass is 10.1. The van der Waals surface area contributed by atoms with Gasteiger partial charge in [-0.2, -0.15) is 11.3 Å². The normalized spacial score (nSPS) is 12.9. The fourth-order valence-electron chi connectivity index (χ4n) is 1.55. The second-order valence-corrected chi connectivity index (χ2v) is 6.30. The molecule has 1 nitrogen and oxygen atoms in total. The average Bonchev–Trinajstić information content (AvgIpc) is 2.85. The summed E-state index contributed by atoms with van der Waals surface area (Å²) in [5.41, 5.74) is 2.69. The van der Waals surface area contributed by atoms with Crippen LogP contribution in [0.3, 0.4) is 0 Å². The number of halogens is 1. The minimum absolute atomic E-state index is 0.337. The molecule has 0 saturated heterocycles. The van der Waals surface area contributed by atoms with E-state index in [4.69, 9.17) is 0 Å². The average molecular weight is 302 g/mol. The van der Waals surface area contributed by atoms with Crippen LogP contribution in [-0.2, 0) is 0 Å². The lowest BCUT2D eigenvalue weighted by molar-refractivity contribution is 0.634. The van der Waals surface area contributed by atoms with E-state index in [0.717, 1.165) is 6.54 Å². The Balaban J connectivity index is 2.27. The molecular formula is C11H12BrNS2. The summed E-state index contributed by atoms with van der Waals surface area (Å²) in [4.78, 5) is 0. The number of thiophene rings is 2. The van der Waals surface area contributed by atoms with Crippen LogP contribution in [-0.4, -0.2) is 6.54 Å². The van der Waals surface area contributed by atoms with E-state index in [2.05, 4.69) is 56.4 Å². The Labute approximate surface area is 106 Å². The summed E-state index contributed by atoms with van der Waals surface area (Å²) in [6.07, 6.45) is 0. The van der Waals surface area contributed by atoms with Gasteiger partial charge in [0.25, 0.3) is 0 Å². The molecule has 0 aromatic carbocycles. The molecule has 0 aliphatic heterocycles. The third kappa shape index (κ3) is 2.69. The Hall–Kier alpha value is -0.160. The van der Waals surface area contributed by atoms with E-state index in [1.165, 1.54) is 14.9 Å². The Morgan fingerprint density at radius 3 is 2.80 bits per heavy atom. The van der Waals surface area contributed by atoms with E-state index in [1.807, 2.05) is 0 Å². The summed E-state index contributed by atoms with van der Waals surface area (Å²) in [5, 5.41) is 10.0. The van der Waals surface area contributed by atoms with Gasteiger partial charge >= 0.3 is 0 Å². The summed E-state index contributed by atoms with van der Waals surface area (Å²) >= 11 is 6.99. The zero-order valence-corrected chi connectivity index (χ0v) is 11.6. The molecular weight excluding hydrogens is 290 g/mol. The monoisotopic (exact) mass is 301 g/mol. The molecule has 2 aromatic heterocycles. The molecule has 2 aromatic rings. The van der Waals surface area contributed by atoms with Crippen molar-refractivity contribution in [1.82, 2.24) is 5.32 Å². The highest BCUT2D eigenvalue weighted by Gasteiger charge is 2.14. The van der Waals surface area contributed by atoms with Crippen molar-refractivity contribution in [1.29, 1.82) is 0 Å². The second kappa shape index (κ2) is 5.25. The molecule has 0 fully saturated rings. The van der Waals surface area contributed by atoms with Crippen LogP contribution in [0.4, 0.5) is 0 Å². The summed E-state index contributed by atoms with van der Waals surface area (Å²) in [6, 6.07) is 4.71. The molecule has 4 heteroatoms. The van der Waals surface area contributed by atoms with E-state index in [-0.39, 0.29) is 0 Å². The van der Waals surface area contributed by atoms with Gasteiger partial charge in [-0.15, -0.1) is 11.3 Å². The summed E-state index contributed by atoms with van der Waals surface area (Å²) in [7, 11) is 0. The smallest absolute Gasteiger partial charge is 0.0701 e. The molecule has 0 aliphatic rings. The van der Waals surface area contributed by atoms with Crippen LogP contribution >= 0.6 is 38.6 Å². The minimum atomic E-state index is 0.337. The quantitative estimate of drug-likeness (QED) is 0.889. The van der Waals surface area contributed by atoms with Gasteiger partial charge in [0.1, 0.15) is 0 Å². The van der Waals surface area contributed by atoms with Crippen molar-refractivity contribution in [3.8, 4) is 0 Å². The Bertz CT molecular complexity index is 408. The van der Waals surface area contributed by atoms with Crippen LogP contribution in [0.5, 0.6) is 0 Å². The van der Waals surface area contributed by atoms with Gasteiger partial charge in [0.15, 0.2) is 0 Å². The van der Waals surface area contributed by atoms with E-state index in [1.54, 1.807) is 22.7 Å². The number of nitrogens with one attached hydrogen (secondary N) is 1. The van der Waals surface area contributed by atoms with Crippen molar-refractivity contribution in [3.05, 3.63) is 43.2 Å². The van der Waals surface area contributed by atoms with Crippen LogP contribution in [0.2, 0.25) is 0 Å². The molecule has 15 heavy (non-hydrogen) atoms. The summed E-state index contributed by atoms with van der Waals surface area (Å²) in [6.45, 7) is 3.12. The van der Waals surface area contributed by atoms with Gasteiger partial charge in [-0.25, -0.2) is 0 Å². The van der Waals surface area contributed by atoms with Crippen LogP contribution in [0.1, 0.15) is 24.1 Å². The largest absolute Gasteiger partial charge is 0.306 e. The first-order valence-corrected chi connectivity index (χ1v) is 7.42. The fourth-order valence-corrected chi connectivity index (χ4v) is 3.43. The SMILES string of the molecule is CCNC(c1ccsc1)c1csc(Br)c1. The highest BCUT2D eigenvalue weighted by molar-refractivity contribution is 9.11. The van der Waals surface area contributed by atoms with E-state index < -0.39 is 0 Å². The Morgan fingerprint density at radius 1 is 1.40 bits per heavy atom. The third-order valence-electron chi connectivity index (χ3n) is 2.21. The molecule has 80 valence electrons. The maximum atomic E-state index is 3.51. The summed E-state index contributed by atoms with van der Waals surface area (Å²) < 4.78 is 1.19. The van der Waals surface area contributed by atoms with Crippen LogP contribution < -0.4 is 5.32 Å². The lowest BCUT2D eigenvalue weighted by Gasteiger charge is -2.15. The van der Waals surface area contributed by atoms with Gasteiger partial charge in [0.2, 0.25) is 0 Å². The molecule has 1 unspecified atom stereocenters. The first kappa shape index (κ1) is 11.3. The van der Waals surface area contributed by atoms with Crippen molar-refractivity contribution in [2.45, 2.75) is 13.0 Å². The number of rotatable bonds is 4. The zero-order chi connectivity index (χ0) is 10.7. The van der Waals surface area contributed by atoms with Crippen molar-refractivity contribution < 1.29 is 0 Å². The van der Waals surface area contributed by atoms with Gasteiger partial charge in [-0.1, -0.05) is 6.92 Å². The third-order valence-corrected chi connectivity index (χ3v) is 4.43. The van der Waals surface area contributed by atoms with Crippen molar-refractivity contribution in [2.24, 2.45) is 0 Å². The minimum Gasteiger partial charge on any atom is -0.306 e. The highest BCUT2D eigenvalue weighted by Crippen LogP contribution is 2.30. The molecule has 0 bridgehead atoms. The predicted octanol–water partition coefficient (Wildman–Crippen LogP) is 4.27. The van der Waals surface area contributed by atoms with Crippen LogP contribution in [0.15, 0.2) is 32.1 Å². The molecule has 1 atom stereocenters. The standard InChI is InChI=1S/C11H12BrNS2/c1-2-13-11(8-3-4-14-6-8)9-5-10(12)15-7-9/h3-7,11,13H,2H2,1H3. The second-order valence-electron chi connectivity index (χ2n) is 3.23. The molecule has 0 aliphatic carbocycles. The lowest BCUT2D eigenvalue weighted by Crippen LogP contribution is -2.20. The molecule has 0 radical (unpaired) electrons. The Kier molecular flexibility index (Phi) is 3.97. The van der Waals surface area contributed by atoms with Crippen LogP contribution in [0, 0.1) is 0 Å². The van der Waals surface area contributed by atoms with E-state index in [9.17, 15) is 0 Å². The molecule has 2 rings (SSSR count). The molecule has 1 N–H and O–H groups in total. The fraction of sp³-hybridized carbons (Fsp3) is 0.273. The van der Waals surface area contributed by atoms with Crippen molar-refractivity contribution in [2.75, 3.05) is 6.54 Å². The van der Waals surface area contributed by atoms with Gasteiger partial charge < -0.3 is 5.32 Å². The Morgan fingerprint density at radius 2 is 2.27 bits per heavy atom. The van der Waals surface area contributed by atoms with Gasteiger partial charge in [-0.3, -0.25) is 0 Å². The maximum absolute atomic E-state index is 3.51. The molecule has 2 heterocycles. The molecule has 0 amide bonds. The van der Waals surface area contributed by atoms with Gasteiger partial charge in [-0.05, 0) is 61.9 Å². The zero-order valence-electron chi connectivity index (χ0n) is 8.37. The predicted molar refractivity (Wildman–Crippen MR) is 71.9 cm³/mol. The van der Waals surface area contributed by atoms with Crippen molar-refractivity contribution in [3.63, 3.8) is 0 Å². The number of hydrogen-bond donors (Lipinski definition) is 1. The molecule has 0 spiro atoms. The maximum Gasteiger partial charge on any atom is 0.0701 e. The first-order chi connectivity index (χ1) is 7.31. The highest BCUT2D eigenvalue weighted by atomic mass is 79.9. The van der Waals surface area contributed by atoms with E-state index >= 15 is 0 Å².